The number of ether oxygens (including phenoxy) is 1. The van der Waals surface area contributed by atoms with Crippen LogP contribution in [-0.2, 0) is 14.3 Å². The van der Waals surface area contributed by atoms with Crippen LogP contribution in [0.25, 0.3) is 0 Å². The van der Waals surface area contributed by atoms with Gasteiger partial charge in [0.15, 0.2) is 0 Å². The van der Waals surface area contributed by atoms with Gasteiger partial charge in [0, 0.05) is 13.0 Å². The van der Waals surface area contributed by atoms with Crippen molar-refractivity contribution in [3.63, 3.8) is 0 Å². The van der Waals surface area contributed by atoms with E-state index in [-0.39, 0.29) is 18.4 Å². The largest absolute Gasteiger partial charge is 0.382 e. The van der Waals surface area contributed by atoms with Gasteiger partial charge in [0.05, 0.1) is 6.61 Å². The monoisotopic (exact) mass is 298 g/mol. The predicted octanol–water partition coefficient (Wildman–Crippen LogP) is 1.99. The van der Waals surface area contributed by atoms with Crippen molar-refractivity contribution < 1.29 is 14.3 Å². The summed E-state index contributed by atoms with van der Waals surface area (Å²) in [6.45, 7) is 2.21. The zero-order valence-electron chi connectivity index (χ0n) is 13.4. The van der Waals surface area contributed by atoms with E-state index in [1.165, 1.54) is 39.2 Å². The summed E-state index contributed by atoms with van der Waals surface area (Å²) in [5, 5.41) is 2.75. The van der Waals surface area contributed by atoms with Crippen LogP contribution in [0.2, 0.25) is 0 Å². The molecule has 122 valence electrons. The Morgan fingerprint density at radius 3 is 2.48 bits per heavy atom. The lowest BCUT2D eigenvalue weighted by atomic mass is 9.81. The predicted molar refractivity (Wildman–Crippen MR) is 82.6 cm³/mol. The molecule has 0 heterocycles. The third-order valence-electron chi connectivity index (χ3n) is 4.34. The molecule has 0 aromatic carbocycles. The molecule has 0 unspecified atom stereocenters. The van der Waals surface area contributed by atoms with Gasteiger partial charge in [-0.2, -0.15) is 0 Å². The lowest BCUT2D eigenvalue weighted by Crippen LogP contribution is -2.49. The third kappa shape index (κ3) is 6.46. The molecule has 0 bridgehead atoms. The highest BCUT2D eigenvalue weighted by Gasteiger charge is 2.26. The molecule has 0 saturated heterocycles. The Balaban J connectivity index is 2.56. The van der Waals surface area contributed by atoms with Crippen molar-refractivity contribution >= 4 is 11.8 Å². The normalized spacial score (nSPS) is 19.0. The van der Waals surface area contributed by atoms with Gasteiger partial charge in [-0.25, -0.2) is 0 Å². The molecule has 1 rings (SSSR count). The quantitative estimate of drug-likeness (QED) is 0.683. The summed E-state index contributed by atoms with van der Waals surface area (Å²) in [5.41, 5.74) is 5.30. The van der Waals surface area contributed by atoms with Crippen LogP contribution in [0.3, 0.4) is 0 Å². The third-order valence-corrected chi connectivity index (χ3v) is 4.34. The highest BCUT2D eigenvalue weighted by atomic mass is 16.5. The highest BCUT2D eigenvalue weighted by molar-refractivity contribution is 5.87. The first-order chi connectivity index (χ1) is 10.1. The SMILES string of the molecule is CCC[C@H](CC1CCCCC1)C(=O)N[C@@H](COC)C(N)=O. The maximum atomic E-state index is 12.4. The first kappa shape index (κ1) is 18.0. The molecule has 2 atom stereocenters. The van der Waals surface area contributed by atoms with Crippen LogP contribution in [-0.4, -0.2) is 31.6 Å². The standard InChI is InChI=1S/C16H30N2O3/c1-3-7-13(10-12-8-5-4-6-9-12)16(20)18-14(11-21-2)15(17)19/h12-14H,3-11H2,1-2H3,(H2,17,19)(H,18,20)/t13-,14+/m1/s1. The summed E-state index contributed by atoms with van der Waals surface area (Å²) < 4.78 is 4.94. The number of hydrogen-bond acceptors (Lipinski definition) is 3. The van der Waals surface area contributed by atoms with E-state index in [4.69, 9.17) is 10.5 Å². The average Bonchev–Trinajstić information content (AvgIpc) is 2.47. The second-order valence-electron chi connectivity index (χ2n) is 6.14. The zero-order valence-corrected chi connectivity index (χ0v) is 13.4. The summed E-state index contributed by atoms with van der Waals surface area (Å²) in [6.07, 6.45) is 9.08. The van der Waals surface area contributed by atoms with E-state index in [9.17, 15) is 9.59 Å². The van der Waals surface area contributed by atoms with E-state index in [1.54, 1.807) is 0 Å². The number of amides is 2. The van der Waals surface area contributed by atoms with Gasteiger partial charge in [-0.05, 0) is 18.8 Å². The summed E-state index contributed by atoms with van der Waals surface area (Å²) in [5.74, 6) is 0.0358. The van der Waals surface area contributed by atoms with E-state index in [0.29, 0.717) is 5.92 Å². The van der Waals surface area contributed by atoms with Gasteiger partial charge in [0.25, 0.3) is 0 Å². The summed E-state index contributed by atoms with van der Waals surface area (Å²) in [7, 11) is 1.49. The molecule has 0 aromatic heterocycles. The fourth-order valence-electron chi connectivity index (χ4n) is 3.18. The lowest BCUT2D eigenvalue weighted by molar-refractivity contribution is -0.131. The molecule has 2 amide bonds. The van der Waals surface area contributed by atoms with Gasteiger partial charge in [-0.1, -0.05) is 45.4 Å². The number of carbonyl (C=O) groups excluding carboxylic acids is 2. The van der Waals surface area contributed by atoms with Crippen molar-refractivity contribution in [1.82, 2.24) is 5.32 Å². The van der Waals surface area contributed by atoms with Crippen molar-refractivity contribution in [1.29, 1.82) is 0 Å². The molecule has 1 saturated carbocycles. The molecular weight excluding hydrogens is 268 g/mol. The number of methoxy groups -OCH3 is 1. The van der Waals surface area contributed by atoms with Crippen molar-refractivity contribution in [3.05, 3.63) is 0 Å². The van der Waals surface area contributed by atoms with Crippen LogP contribution in [0.1, 0.15) is 58.3 Å². The van der Waals surface area contributed by atoms with Crippen molar-refractivity contribution in [2.24, 2.45) is 17.6 Å². The number of rotatable bonds is 9. The molecule has 0 aliphatic heterocycles. The number of nitrogens with one attached hydrogen (secondary N) is 1. The Morgan fingerprint density at radius 1 is 1.29 bits per heavy atom. The molecule has 3 N–H and O–H groups in total. The van der Waals surface area contributed by atoms with E-state index < -0.39 is 11.9 Å². The van der Waals surface area contributed by atoms with E-state index >= 15 is 0 Å². The van der Waals surface area contributed by atoms with Gasteiger partial charge >= 0.3 is 0 Å². The van der Waals surface area contributed by atoms with E-state index in [1.807, 2.05) is 0 Å². The number of primary amides is 1. The second-order valence-corrected chi connectivity index (χ2v) is 6.14. The minimum atomic E-state index is -0.729. The molecule has 21 heavy (non-hydrogen) atoms. The fraction of sp³-hybridized carbons (Fsp3) is 0.875. The van der Waals surface area contributed by atoms with Crippen LogP contribution in [0.5, 0.6) is 0 Å². The van der Waals surface area contributed by atoms with E-state index in [0.717, 1.165) is 19.3 Å². The van der Waals surface area contributed by atoms with Crippen LogP contribution in [0, 0.1) is 11.8 Å². The van der Waals surface area contributed by atoms with Crippen molar-refractivity contribution in [2.75, 3.05) is 13.7 Å². The first-order valence-electron chi connectivity index (χ1n) is 8.17. The van der Waals surface area contributed by atoms with Crippen molar-refractivity contribution in [2.45, 2.75) is 64.3 Å². The Labute approximate surface area is 128 Å². The van der Waals surface area contributed by atoms with Crippen LogP contribution < -0.4 is 11.1 Å². The topological polar surface area (TPSA) is 81.4 Å². The maximum absolute atomic E-state index is 12.4. The van der Waals surface area contributed by atoms with Gasteiger partial charge in [0.2, 0.25) is 11.8 Å². The molecule has 1 aliphatic carbocycles. The van der Waals surface area contributed by atoms with E-state index in [2.05, 4.69) is 12.2 Å². The van der Waals surface area contributed by atoms with Gasteiger partial charge in [-0.3, -0.25) is 9.59 Å². The number of carbonyl (C=O) groups is 2. The Morgan fingerprint density at radius 2 is 1.95 bits per heavy atom. The minimum Gasteiger partial charge on any atom is -0.382 e. The fourth-order valence-corrected chi connectivity index (χ4v) is 3.18. The lowest BCUT2D eigenvalue weighted by Gasteiger charge is -2.27. The minimum absolute atomic E-state index is 0.0168. The van der Waals surface area contributed by atoms with Gasteiger partial charge in [-0.15, -0.1) is 0 Å². The molecular formula is C16H30N2O3. The second kappa shape index (κ2) is 9.77. The molecule has 0 radical (unpaired) electrons. The van der Waals surface area contributed by atoms with Gasteiger partial charge in [0.1, 0.15) is 6.04 Å². The molecule has 5 heteroatoms. The average molecular weight is 298 g/mol. The Bertz CT molecular complexity index is 327. The number of nitrogens with two attached hydrogens (primary N) is 1. The molecule has 1 aliphatic rings. The smallest absolute Gasteiger partial charge is 0.242 e. The van der Waals surface area contributed by atoms with Gasteiger partial charge < -0.3 is 15.8 Å². The number of hydrogen-bond donors (Lipinski definition) is 2. The highest BCUT2D eigenvalue weighted by Crippen LogP contribution is 2.30. The first-order valence-corrected chi connectivity index (χ1v) is 8.17. The Hall–Kier alpha value is -1.10. The molecule has 0 spiro atoms. The molecule has 1 fully saturated rings. The van der Waals surface area contributed by atoms with Crippen LogP contribution in [0.4, 0.5) is 0 Å². The summed E-state index contributed by atoms with van der Waals surface area (Å²) >= 11 is 0. The van der Waals surface area contributed by atoms with Crippen molar-refractivity contribution in [3.8, 4) is 0 Å². The Kier molecular flexibility index (Phi) is 8.35. The molecule has 5 nitrogen and oxygen atoms in total. The summed E-state index contributed by atoms with van der Waals surface area (Å²) in [6, 6.07) is -0.729. The molecule has 0 aromatic rings. The van der Waals surface area contributed by atoms with Crippen LogP contribution in [0.15, 0.2) is 0 Å². The zero-order chi connectivity index (χ0) is 15.7. The summed E-state index contributed by atoms with van der Waals surface area (Å²) in [4.78, 5) is 23.7. The maximum Gasteiger partial charge on any atom is 0.242 e. The van der Waals surface area contributed by atoms with Crippen LogP contribution >= 0.6 is 0 Å².